The maximum atomic E-state index is 11.8. The van der Waals surface area contributed by atoms with Crippen molar-refractivity contribution in [3.8, 4) is 0 Å². The van der Waals surface area contributed by atoms with Crippen molar-refractivity contribution in [2.24, 2.45) is 11.5 Å². The second-order valence-corrected chi connectivity index (χ2v) is 24.8. The highest BCUT2D eigenvalue weighted by atomic mass is 32.2. The minimum atomic E-state index is -2.30. The Bertz CT molecular complexity index is 2200. The summed E-state index contributed by atoms with van der Waals surface area (Å²) in [6, 6.07) is -2.86. The maximum absolute atomic E-state index is 11.8. The van der Waals surface area contributed by atoms with Crippen LogP contribution in [-0.2, 0) is 75.9 Å². The van der Waals surface area contributed by atoms with E-state index in [1.165, 1.54) is 6.92 Å². The van der Waals surface area contributed by atoms with Crippen LogP contribution in [-0.4, -0.2) is 391 Å². The highest BCUT2D eigenvalue weighted by molar-refractivity contribution is 7.99. The lowest BCUT2D eigenvalue weighted by Gasteiger charge is -2.49. The Labute approximate surface area is 520 Å². The SMILES string of the molecule is CC(CO)O[C@@H]1O[C@@H]2C(CO)O[C@H](O[C@@H]3C(CSCC(N)C(=O)O)O[C@H](O[C@@H]4C(CO)O[C@@H](O[C@@H]5C(CO)O[C@@H](O[C@H]6CC(O)[C@@H](OC6CSC[C@@H](N)C(=O)O)O[C@@H]6C(CO)O[C@H](O[C@H](C)[C@H](O)C1O)C(O)[C@H]6O)C(O)[C@H]5O)[C@@H](O)C4O)[C@@H](O)C3O)[C@@H](O)C2O. The van der Waals surface area contributed by atoms with E-state index >= 15 is 0 Å². The van der Waals surface area contributed by atoms with E-state index in [0.29, 0.717) is 0 Å². The van der Waals surface area contributed by atoms with Gasteiger partial charge < -0.3 is 180 Å². The first-order valence-electron chi connectivity index (χ1n) is 28.8. The lowest BCUT2D eigenvalue weighted by molar-refractivity contribution is -0.391. The fraction of sp³-hybridized carbons (Fsp3) is 0.960. The van der Waals surface area contributed by atoms with E-state index in [0.717, 1.165) is 30.4 Å². The Hall–Kier alpha value is -1.72. The van der Waals surface area contributed by atoms with Crippen LogP contribution in [0.3, 0.4) is 0 Å². The van der Waals surface area contributed by atoms with E-state index in [1.807, 2.05) is 0 Å². The highest BCUT2D eigenvalue weighted by Gasteiger charge is 2.58. The molecule has 13 rings (SSSR count). The number of ether oxygens (including phenoxy) is 14. The minimum absolute atomic E-state index is 0.216. The number of fused-ring (bicyclic) bond motifs is 6. The zero-order valence-electron chi connectivity index (χ0n) is 48.3. The Morgan fingerprint density at radius 1 is 0.422 bits per heavy atom. The van der Waals surface area contributed by atoms with Gasteiger partial charge in [0.15, 0.2) is 44.0 Å². The minimum Gasteiger partial charge on any atom is -0.480 e. The maximum Gasteiger partial charge on any atom is 0.321 e. The van der Waals surface area contributed by atoms with E-state index in [1.54, 1.807) is 0 Å². The molecule has 0 aromatic carbocycles. The zero-order valence-corrected chi connectivity index (χ0v) is 49.9. The van der Waals surface area contributed by atoms with Crippen LogP contribution in [0.1, 0.15) is 20.3 Å². The molecular formula is C50H86N2O36S2. The van der Waals surface area contributed by atoms with Gasteiger partial charge in [-0.15, -0.1) is 0 Å². The molecule has 0 aromatic rings. The first-order chi connectivity index (χ1) is 42.6. The number of carboxylic acids is 2. The van der Waals surface area contributed by atoms with Gasteiger partial charge in [-0.3, -0.25) is 9.59 Å². The van der Waals surface area contributed by atoms with Gasteiger partial charge in [-0.1, -0.05) is 0 Å². The predicted molar refractivity (Wildman–Crippen MR) is 290 cm³/mol. The van der Waals surface area contributed by atoms with Gasteiger partial charge in [-0.2, -0.15) is 23.5 Å². The molecule has 13 fully saturated rings. The number of aliphatic carboxylic acids is 2. The summed E-state index contributed by atoms with van der Waals surface area (Å²) in [6.45, 7) is -2.49. The van der Waals surface area contributed by atoms with Crippen molar-refractivity contribution < 1.29 is 178 Å². The monoisotopic (exact) mass is 1350 g/mol. The molecule has 13 aliphatic rings. The van der Waals surface area contributed by atoms with Gasteiger partial charge in [0.25, 0.3) is 0 Å². The number of aliphatic hydroxyl groups excluding tert-OH is 18. The van der Waals surface area contributed by atoms with Crippen LogP contribution in [0.15, 0.2) is 0 Å². The number of aliphatic hydroxyl groups is 18. The third kappa shape index (κ3) is 17.7. The standard InChI is InChI=1S/C50H86N2O36S2/c1-13(4-53)75-45-31(65)25(59)14(2)76-46-32(66)26(60)37(19(5-54)78-46)84-44-17(58)3-18(23(82-44)11-89-9-15(51)42(71)72)77-47-33(67)27(61)39(20(6-55)79-47)86-48-34(68)29(63)40(22(8-57)80-48)87-50-36(70)30(64)41(24(83-50)12-90-10-16(52)43(73)74)88-49-35(69)28(62)38(85-45)21(7-56)81-49/h13-41,44-50,53-70H,3-12,51-52H2,1-2H3,(H,71,72)(H,73,74)/t13?,14-,15-,16?,17?,18+,19?,20?,21?,22?,23?,24?,25+,26-,27-,28?,29?,30?,31?,32?,33?,34+,35+,36+,37-,38-,39-,40-,41-,44+,45-,46+,47-,48+,49-,50-/m1/s1. The summed E-state index contributed by atoms with van der Waals surface area (Å²) < 4.78 is 82.4. The fourth-order valence-electron chi connectivity index (χ4n) is 10.8. The summed E-state index contributed by atoms with van der Waals surface area (Å²) in [5.74, 6) is -3.92. The molecule has 15 unspecified atom stereocenters. The predicted octanol–water partition coefficient (Wildman–Crippen LogP) is -12.9. The summed E-state index contributed by atoms with van der Waals surface area (Å²) in [6.07, 6.45) is -66.1. The molecule has 0 amide bonds. The van der Waals surface area contributed by atoms with Crippen LogP contribution in [0.5, 0.6) is 0 Å². The van der Waals surface area contributed by atoms with E-state index in [2.05, 4.69) is 0 Å². The Morgan fingerprint density at radius 2 is 0.744 bits per heavy atom. The van der Waals surface area contributed by atoms with E-state index in [4.69, 9.17) is 77.8 Å². The molecule has 524 valence electrons. The van der Waals surface area contributed by atoms with Gasteiger partial charge in [0.2, 0.25) is 0 Å². The molecular weight excluding hydrogens is 1270 g/mol. The summed E-state index contributed by atoms with van der Waals surface area (Å²) in [5.41, 5.74) is 11.4. The molecule has 13 heterocycles. The summed E-state index contributed by atoms with van der Waals surface area (Å²) in [5, 5.41) is 222. The van der Waals surface area contributed by atoms with Gasteiger partial charge in [-0.05, 0) is 13.8 Å². The Balaban J connectivity index is 1.22. The molecule has 0 aromatic heterocycles. The van der Waals surface area contributed by atoms with Crippen molar-refractivity contribution in [2.75, 3.05) is 56.0 Å². The molecule has 13 saturated heterocycles. The smallest absolute Gasteiger partial charge is 0.321 e. The lowest BCUT2D eigenvalue weighted by Crippen LogP contribution is -2.68. The van der Waals surface area contributed by atoms with Crippen molar-refractivity contribution in [3.63, 3.8) is 0 Å². The number of thioether (sulfide) groups is 2. The lowest BCUT2D eigenvalue weighted by atomic mass is 9.95. The first-order valence-corrected chi connectivity index (χ1v) is 31.1. The van der Waals surface area contributed by atoms with Crippen molar-refractivity contribution in [2.45, 2.75) is 241 Å². The Morgan fingerprint density at radius 3 is 1.12 bits per heavy atom. The van der Waals surface area contributed by atoms with Crippen LogP contribution in [0.2, 0.25) is 0 Å². The first kappa shape index (κ1) is 75.7. The van der Waals surface area contributed by atoms with Crippen molar-refractivity contribution in [1.29, 1.82) is 0 Å². The van der Waals surface area contributed by atoms with Crippen LogP contribution in [0.25, 0.3) is 0 Å². The van der Waals surface area contributed by atoms with Crippen molar-refractivity contribution >= 4 is 35.5 Å². The molecule has 12 bridgehead atoms. The number of carboxylic acid groups (broad SMARTS) is 2. The molecule has 40 heteroatoms. The summed E-state index contributed by atoms with van der Waals surface area (Å²) in [7, 11) is 0. The third-order valence-corrected chi connectivity index (χ3v) is 18.4. The highest BCUT2D eigenvalue weighted by Crippen LogP contribution is 2.39. The van der Waals surface area contributed by atoms with Gasteiger partial charge in [0.1, 0.15) is 146 Å². The van der Waals surface area contributed by atoms with Crippen molar-refractivity contribution in [3.05, 3.63) is 0 Å². The number of hydrogen-bond acceptors (Lipinski definition) is 38. The van der Waals surface area contributed by atoms with E-state index in [-0.39, 0.29) is 23.0 Å². The third-order valence-electron chi connectivity index (χ3n) is 16.1. The number of carbonyl (C=O) groups is 2. The largest absolute Gasteiger partial charge is 0.480 e. The second-order valence-electron chi connectivity index (χ2n) is 22.7. The number of rotatable bonds is 17. The average Bonchev–Trinajstić information content (AvgIpc) is 0.879. The summed E-state index contributed by atoms with van der Waals surface area (Å²) in [4.78, 5) is 23.2. The molecule has 0 aliphatic carbocycles. The molecule has 90 heavy (non-hydrogen) atoms. The van der Waals surface area contributed by atoms with Crippen LogP contribution >= 0.6 is 23.5 Å². The second kappa shape index (κ2) is 34.0. The molecule has 0 saturated carbocycles. The molecule has 38 nitrogen and oxygen atoms in total. The van der Waals surface area contributed by atoms with Crippen molar-refractivity contribution in [1.82, 2.24) is 0 Å². The number of nitrogens with two attached hydrogens (primary N) is 2. The van der Waals surface area contributed by atoms with E-state index < -0.39 is 272 Å². The summed E-state index contributed by atoms with van der Waals surface area (Å²) >= 11 is 1.72. The normalized spacial score (nSPS) is 48.0. The Kier molecular flexibility index (Phi) is 28.6. The van der Waals surface area contributed by atoms with Crippen LogP contribution in [0, 0.1) is 0 Å². The van der Waals surface area contributed by atoms with Gasteiger partial charge in [0.05, 0.1) is 63.6 Å². The molecule has 36 atom stereocenters. The van der Waals surface area contributed by atoms with Gasteiger partial charge >= 0.3 is 11.9 Å². The number of hydrogen-bond donors (Lipinski definition) is 22. The molecule has 13 aliphatic heterocycles. The van der Waals surface area contributed by atoms with Crippen LogP contribution < -0.4 is 11.5 Å². The molecule has 0 spiro atoms. The van der Waals surface area contributed by atoms with Gasteiger partial charge in [0, 0.05) is 29.4 Å². The zero-order chi connectivity index (χ0) is 66.3. The molecule has 0 radical (unpaired) electrons. The topological polar surface area (TPSA) is 620 Å². The van der Waals surface area contributed by atoms with Crippen LogP contribution in [0.4, 0.5) is 0 Å². The van der Waals surface area contributed by atoms with E-state index in [9.17, 15) is 112 Å². The quantitative estimate of drug-likeness (QED) is 0.0643. The fourth-order valence-corrected chi connectivity index (χ4v) is 12.9. The molecule has 24 N–H and O–H groups in total. The van der Waals surface area contributed by atoms with Gasteiger partial charge in [-0.25, -0.2) is 0 Å². The average molecular weight is 1360 g/mol.